The van der Waals surface area contributed by atoms with Crippen molar-refractivity contribution < 1.29 is 4.74 Å². The molecule has 4 unspecified atom stereocenters. The Hall–Kier alpha value is -0.340. The van der Waals surface area contributed by atoms with Crippen molar-refractivity contribution in [1.29, 1.82) is 0 Å². The SMILES string of the molecule is CC1OCCC1(CBr)C1CC1c1ccccc1. The van der Waals surface area contributed by atoms with Gasteiger partial charge in [-0.1, -0.05) is 46.3 Å². The fourth-order valence-electron chi connectivity index (χ4n) is 3.46. The van der Waals surface area contributed by atoms with Gasteiger partial charge in [-0.25, -0.2) is 0 Å². The normalized spacial score (nSPS) is 40.5. The zero-order valence-electron chi connectivity index (χ0n) is 10.2. The van der Waals surface area contributed by atoms with Gasteiger partial charge in [-0.3, -0.25) is 0 Å². The van der Waals surface area contributed by atoms with E-state index < -0.39 is 0 Å². The molecule has 1 aromatic carbocycles. The zero-order chi connectivity index (χ0) is 11.9. The molecule has 3 rings (SSSR count). The summed E-state index contributed by atoms with van der Waals surface area (Å²) in [4.78, 5) is 0. The van der Waals surface area contributed by atoms with Crippen LogP contribution in [0.15, 0.2) is 30.3 Å². The van der Waals surface area contributed by atoms with Crippen LogP contribution < -0.4 is 0 Å². The molecule has 2 aliphatic rings. The highest BCUT2D eigenvalue weighted by Gasteiger charge is 2.57. The van der Waals surface area contributed by atoms with Crippen molar-refractivity contribution in [1.82, 2.24) is 0 Å². The monoisotopic (exact) mass is 294 g/mol. The summed E-state index contributed by atoms with van der Waals surface area (Å²) in [7, 11) is 0. The number of halogens is 1. The fourth-order valence-corrected chi connectivity index (χ4v) is 4.61. The minimum atomic E-state index is 0.376. The highest BCUT2D eigenvalue weighted by Crippen LogP contribution is 2.62. The average Bonchev–Trinajstić information content (AvgIpc) is 3.09. The first-order valence-corrected chi connectivity index (χ1v) is 7.62. The van der Waals surface area contributed by atoms with Crippen LogP contribution in [0, 0.1) is 11.3 Å². The Kier molecular flexibility index (Phi) is 3.04. The van der Waals surface area contributed by atoms with Gasteiger partial charge in [-0.05, 0) is 37.2 Å². The minimum Gasteiger partial charge on any atom is -0.378 e. The van der Waals surface area contributed by atoms with Gasteiger partial charge in [0, 0.05) is 17.4 Å². The number of hydrogen-bond donors (Lipinski definition) is 0. The van der Waals surface area contributed by atoms with Crippen molar-refractivity contribution >= 4 is 15.9 Å². The van der Waals surface area contributed by atoms with Gasteiger partial charge in [0.25, 0.3) is 0 Å². The van der Waals surface area contributed by atoms with Crippen LogP contribution in [0.2, 0.25) is 0 Å². The molecule has 4 atom stereocenters. The predicted molar refractivity (Wildman–Crippen MR) is 73.5 cm³/mol. The molecule has 2 heteroatoms. The van der Waals surface area contributed by atoms with Gasteiger partial charge < -0.3 is 4.74 Å². The van der Waals surface area contributed by atoms with E-state index in [1.165, 1.54) is 18.4 Å². The van der Waals surface area contributed by atoms with Crippen molar-refractivity contribution in [3.8, 4) is 0 Å². The zero-order valence-corrected chi connectivity index (χ0v) is 11.8. The Morgan fingerprint density at radius 1 is 1.35 bits per heavy atom. The van der Waals surface area contributed by atoms with Crippen LogP contribution in [0.25, 0.3) is 0 Å². The van der Waals surface area contributed by atoms with Crippen molar-refractivity contribution in [2.45, 2.75) is 31.8 Å². The average molecular weight is 295 g/mol. The number of rotatable bonds is 3. The smallest absolute Gasteiger partial charge is 0.0614 e. The fraction of sp³-hybridized carbons (Fsp3) is 0.600. The molecule has 0 bridgehead atoms. The van der Waals surface area contributed by atoms with Gasteiger partial charge in [0.1, 0.15) is 0 Å². The third-order valence-electron chi connectivity index (χ3n) is 4.75. The van der Waals surface area contributed by atoms with E-state index in [1.807, 2.05) is 0 Å². The second-order valence-electron chi connectivity index (χ2n) is 5.49. The Morgan fingerprint density at radius 3 is 2.71 bits per heavy atom. The summed E-state index contributed by atoms with van der Waals surface area (Å²) in [6.45, 7) is 3.18. The van der Waals surface area contributed by atoms with Crippen LogP contribution >= 0.6 is 15.9 Å². The molecule has 0 aromatic heterocycles. The van der Waals surface area contributed by atoms with Crippen LogP contribution in [-0.2, 0) is 4.74 Å². The first-order valence-electron chi connectivity index (χ1n) is 6.50. The second kappa shape index (κ2) is 4.40. The predicted octanol–water partition coefficient (Wildman–Crippen LogP) is 3.98. The summed E-state index contributed by atoms with van der Waals surface area (Å²) < 4.78 is 5.82. The van der Waals surface area contributed by atoms with Crippen LogP contribution in [0.5, 0.6) is 0 Å². The highest BCUT2D eigenvalue weighted by atomic mass is 79.9. The Bertz CT molecular complexity index is 391. The third-order valence-corrected chi connectivity index (χ3v) is 5.79. The summed E-state index contributed by atoms with van der Waals surface area (Å²) in [6, 6.07) is 10.9. The largest absolute Gasteiger partial charge is 0.378 e. The van der Waals surface area contributed by atoms with Gasteiger partial charge in [-0.2, -0.15) is 0 Å². The molecule has 2 fully saturated rings. The van der Waals surface area contributed by atoms with E-state index in [-0.39, 0.29) is 0 Å². The molecular weight excluding hydrogens is 276 g/mol. The maximum Gasteiger partial charge on any atom is 0.0614 e. The van der Waals surface area contributed by atoms with Crippen molar-refractivity contribution in [2.24, 2.45) is 11.3 Å². The lowest BCUT2D eigenvalue weighted by Crippen LogP contribution is -2.33. The first kappa shape index (κ1) is 11.7. The van der Waals surface area contributed by atoms with Gasteiger partial charge in [0.05, 0.1) is 6.10 Å². The molecule has 92 valence electrons. The summed E-state index contributed by atoms with van der Waals surface area (Å²) in [5.41, 5.74) is 1.89. The first-order chi connectivity index (χ1) is 8.28. The van der Waals surface area contributed by atoms with Gasteiger partial charge in [-0.15, -0.1) is 0 Å². The van der Waals surface area contributed by atoms with Crippen molar-refractivity contribution in [2.75, 3.05) is 11.9 Å². The molecule has 1 saturated carbocycles. The maximum absolute atomic E-state index is 5.82. The second-order valence-corrected chi connectivity index (χ2v) is 6.05. The van der Waals surface area contributed by atoms with Crippen LogP contribution in [0.4, 0.5) is 0 Å². The lowest BCUT2D eigenvalue weighted by atomic mass is 9.77. The van der Waals surface area contributed by atoms with E-state index in [0.717, 1.165) is 23.8 Å². The van der Waals surface area contributed by atoms with Crippen molar-refractivity contribution in [3.05, 3.63) is 35.9 Å². The molecule has 1 nitrogen and oxygen atoms in total. The molecule has 1 heterocycles. The lowest BCUT2D eigenvalue weighted by molar-refractivity contribution is 0.0634. The lowest BCUT2D eigenvalue weighted by Gasteiger charge is -2.31. The standard InChI is InChI=1S/C15H19BrO/c1-11-15(10-16,7-8-17-11)14-9-13(14)12-5-3-2-4-6-12/h2-6,11,13-14H,7-10H2,1H3. The third kappa shape index (κ3) is 1.86. The quantitative estimate of drug-likeness (QED) is 0.766. The molecule has 17 heavy (non-hydrogen) atoms. The minimum absolute atomic E-state index is 0.376. The number of hydrogen-bond acceptors (Lipinski definition) is 1. The van der Waals surface area contributed by atoms with Gasteiger partial charge in [0.2, 0.25) is 0 Å². The van der Waals surface area contributed by atoms with E-state index >= 15 is 0 Å². The summed E-state index contributed by atoms with van der Waals surface area (Å²) in [6.07, 6.45) is 2.96. The number of ether oxygens (including phenoxy) is 1. The number of alkyl halides is 1. The van der Waals surface area contributed by atoms with Crippen LogP contribution in [0.3, 0.4) is 0 Å². The number of benzene rings is 1. The Labute approximate surface area is 112 Å². The van der Waals surface area contributed by atoms with E-state index in [1.54, 1.807) is 0 Å². The summed E-state index contributed by atoms with van der Waals surface area (Å²) in [5, 5.41) is 1.08. The molecule has 1 aromatic rings. The Morgan fingerprint density at radius 2 is 2.12 bits per heavy atom. The van der Waals surface area contributed by atoms with E-state index in [2.05, 4.69) is 53.2 Å². The summed E-state index contributed by atoms with van der Waals surface area (Å²) in [5.74, 6) is 1.57. The molecule has 0 N–H and O–H groups in total. The highest BCUT2D eigenvalue weighted by molar-refractivity contribution is 9.09. The molecular formula is C15H19BrO. The van der Waals surface area contributed by atoms with Crippen LogP contribution in [0.1, 0.15) is 31.2 Å². The molecule has 0 amide bonds. The topological polar surface area (TPSA) is 9.23 Å². The molecule has 1 saturated heterocycles. The van der Waals surface area contributed by atoms with E-state index in [9.17, 15) is 0 Å². The Balaban J connectivity index is 1.79. The summed E-state index contributed by atoms with van der Waals surface area (Å²) >= 11 is 3.73. The van der Waals surface area contributed by atoms with E-state index in [0.29, 0.717) is 11.5 Å². The van der Waals surface area contributed by atoms with Gasteiger partial charge in [0.15, 0.2) is 0 Å². The molecule has 1 aliphatic heterocycles. The maximum atomic E-state index is 5.82. The molecule has 0 spiro atoms. The van der Waals surface area contributed by atoms with E-state index in [4.69, 9.17) is 4.74 Å². The van der Waals surface area contributed by atoms with Gasteiger partial charge >= 0.3 is 0 Å². The molecule has 1 aliphatic carbocycles. The van der Waals surface area contributed by atoms with Crippen LogP contribution in [-0.4, -0.2) is 18.0 Å². The molecule has 0 radical (unpaired) electrons. The van der Waals surface area contributed by atoms with Crippen molar-refractivity contribution in [3.63, 3.8) is 0 Å².